The fraction of sp³-hybridized carbons (Fsp3) is 0.241. The number of benzene rings is 3. The van der Waals surface area contributed by atoms with Gasteiger partial charge < -0.3 is 14.3 Å². The van der Waals surface area contributed by atoms with Crippen LogP contribution in [0.3, 0.4) is 0 Å². The van der Waals surface area contributed by atoms with Gasteiger partial charge in [0.2, 0.25) is 5.89 Å². The first-order chi connectivity index (χ1) is 17.6. The first-order valence-corrected chi connectivity index (χ1v) is 11.8. The summed E-state index contributed by atoms with van der Waals surface area (Å²) in [5.74, 6) is 0.422. The molecule has 0 fully saturated rings. The molecule has 0 aliphatic heterocycles. The highest BCUT2D eigenvalue weighted by Gasteiger charge is 2.30. The van der Waals surface area contributed by atoms with Crippen LogP contribution in [0.15, 0.2) is 77.2 Å². The molecule has 4 aromatic rings. The number of aliphatic carboxylic acids is 1. The average Bonchev–Trinajstić information content (AvgIpc) is 3.25. The van der Waals surface area contributed by atoms with Crippen molar-refractivity contribution in [1.29, 1.82) is 0 Å². The minimum atomic E-state index is -4.42. The van der Waals surface area contributed by atoms with E-state index in [0.717, 1.165) is 28.8 Å². The molecular formula is C29H26F3NO4. The number of carboxylic acid groups (broad SMARTS) is 1. The number of halogens is 3. The van der Waals surface area contributed by atoms with Gasteiger partial charge in [-0.25, -0.2) is 4.98 Å². The standard InChI is InChI=1S/C29H26F3NO4/c1-18-16-24(14-10-21(18)11-15-26(34)35)36-25(17-20-6-4-3-5-7-20)27-19(2)33-28(37-27)22-8-12-23(13-9-22)29(30,31)32/h3-10,12-14,16,25H,11,15,17H2,1-2H3,(H,34,35)/t25-/m0/s1. The van der Waals surface area contributed by atoms with Crippen molar-refractivity contribution in [3.8, 4) is 17.2 Å². The second kappa shape index (κ2) is 10.9. The molecule has 0 unspecified atom stereocenters. The molecule has 1 N–H and O–H groups in total. The van der Waals surface area contributed by atoms with Gasteiger partial charge in [0.1, 0.15) is 5.75 Å². The molecule has 4 rings (SSSR count). The number of rotatable bonds is 9. The van der Waals surface area contributed by atoms with E-state index in [0.29, 0.717) is 35.6 Å². The Bertz CT molecular complexity index is 1360. The summed E-state index contributed by atoms with van der Waals surface area (Å²) in [6.07, 6.45) is -4.04. The summed E-state index contributed by atoms with van der Waals surface area (Å²) in [4.78, 5) is 15.4. The summed E-state index contributed by atoms with van der Waals surface area (Å²) in [7, 11) is 0. The smallest absolute Gasteiger partial charge is 0.416 e. The third-order valence-corrected chi connectivity index (χ3v) is 6.05. The number of carbonyl (C=O) groups is 1. The maximum Gasteiger partial charge on any atom is 0.416 e. The molecule has 0 aliphatic rings. The molecule has 0 saturated carbocycles. The Balaban J connectivity index is 1.63. The Hall–Kier alpha value is -4.07. The third-order valence-electron chi connectivity index (χ3n) is 6.05. The molecule has 1 heterocycles. The van der Waals surface area contributed by atoms with Crippen molar-refractivity contribution < 1.29 is 32.2 Å². The zero-order valence-electron chi connectivity index (χ0n) is 20.4. The van der Waals surface area contributed by atoms with E-state index in [4.69, 9.17) is 14.3 Å². The zero-order chi connectivity index (χ0) is 26.6. The molecular weight excluding hydrogens is 483 g/mol. The Morgan fingerprint density at radius 1 is 1.03 bits per heavy atom. The second-order valence-corrected chi connectivity index (χ2v) is 8.82. The monoisotopic (exact) mass is 509 g/mol. The maximum atomic E-state index is 13.0. The van der Waals surface area contributed by atoms with Crippen molar-refractivity contribution in [3.63, 3.8) is 0 Å². The fourth-order valence-corrected chi connectivity index (χ4v) is 4.08. The van der Waals surface area contributed by atoms with Crippen molar-refractivity contribution >= 4 is 5.97 Å². The summed E-state index contributed by atoms with van der Waals surface area (Å²) in [6.45, 7) is 3.67. The van der Waals surface area contributed by atoms with Crippen LogP contribution in [0, 0.1) is 13.8 Å². The lowest BCUT2D eigenvalue weighted by Gasteiger charge is -2.19. The SMILES string of the molecule is Cc1cc(O[C@@H](Cc2ccccc2)c2oc(-c3ccc(C(F)(F)F)cc3)nc2C)ccc1CCC(=O)O. The number of aryl methyl sites for hydroxylation is 3. The van der Waals surface area contributed by atoms with E-state index in [1.807, 2.05) is 49.4 Å². The van der Waals surface area contributed by atoms with Gasteiger partial charge in [0, 0.05) is 18.4 Å². The van der Waals surface area contributed by atoms with Crippen molar-refractivity contribution in [2.24, 2.45) is 0 Å². The molecule has 0 spiro atoms. The van der Waals surface area contributed by atoms with E-state index >= 15 is 0 Å². The Labute approximate surface area is 212 Å². The molecule has 0 radical (unpaired) electrons. The lowest BCUT2D eigenvalue weighted by molar-refractivity contribution is -0.138. The molecule has 8 heteroatoms. The van der Waals surface area contributed by atoms with Gasteiger partial charge in [-0.1, -0.05) is 36.4 Å². The number of carboxylic acids is 1. The molecule has 1 atom stereocenters. The van der Waals surface area contributed by atoms with Gasteiger partial charge in [-0.3, -0.25) is 4.79 Å². The summed E-state index contributed by atoms with van der Waals surface area (Å²) in [5, 5.41) is 8.97. The van der Waals surface area contributed by atoms with E-state index in [9.17, 15) is 18.0 Å². The first-order valence-electron chi connectivity index (χ1n) is 11.8. The molecule has 0 bridgehead atoms. The van der Waals surface area contributed by atoms with Crippen LogP contribution in [0.25, 0.3) is 11.5 Å². The van der Waals surface area contributed by atoms with Gasteiger partial charge in [0.05, 0.1) is 11.3 Å². The topological polar surface area (TPSA) is 72.6 Å². The molecule has 3 aromatic carbocycles. The van der Waals surface area contributed by atoms with Crippen molar-refractivity contribution in [2.75, 3.05) is 0 Å². The van der Waals surface area contributed by atoms with E-state index in [1.54, 1.807) is 13.0 Å². The van der Waals surface area contributed by atoms with Gasteiger partial charge in [-0.15, -0.1) is 0 Å². The van der Waals surface area contributed by atoms with E-state index in [-0.39, 0.29) is 12.3 Å². The van der Waals surface area contributed by atoms with Crippen LogP contribution >= 0.6 is 0 Å². The molecule has 0 aliphatic carbocycles. The maximum absolute atomic E-state index is 13.0. The van der Waals surface area contributed by atoms with Crippen LogP contribution in [0.1, 0.15) is 46.2 Å². The highest BCUT2D eigenvalue weighted by molar-refractivity contribution is 5.67. The number of hydrogen-bond donors (Lipinski definition) is 1. The molecule has 192 valence electrons. The van der Waals surface area contributed by atoms with Gasteiger partial charge in [0.25, 0.3) is 0 Å². The van der Waals surface area contributed by atoms with Gasteiger partial charge in [-0.2, -0.15) is 13.2 Å². The molecule has 0 saturated heterocycles. The van der Waals surface area contributed by atoms with Crippen LogP contribution in [0.2, 0.25) is 0 Å². The summed E-state index contributed by atoms with van der Waals surface area (Å²) in [5.41, 5.74) is 3.11. The lowest BCUT2D eigenvalue weighted by atomic mass is 10.0. The Kier molecular flexibility index (Phi) is 7.66. The predicted octanol–water partition coefficient (Wildman–Crippen LogP) is 7.36. The van der Waals surface area contributed by atoms with E-state index in [2.05, 4.69) is 4.98 Å². The first kappa shape index (κ1) is 26.0. The molecule has 1 aromatic heterocycles. The quantitative estimate of drug-likeness (QED) is 0.255. The fourth-order valence-electron chi connectivity index (χ4n) is 4.08. The normalized spacial score (nSPS) is 12.4. The zero-order valence-corrected chi connectivity index (χ0v) is 20.4. The van der Waals surface area contributed by atoms with Gasteiger partial charge in [0.15, 0.2) is 11.9 Å². The summed E-state index contributed by atoms with van der Waals surface area (Å²) >= 11 is 0. The summed E-state index contributed by atoms with van der Waals surface area (Å²) in [6, 6.07) is 19.9. The second-order valence-electron chi connectivity index (χ2n) is 8.82. The largest absolute Gasteiger partial charge is 0.482 e. The number of nitrogens with zero attached hydrogens (tertiary/aromatic N) is 1. The van der Waals surface area contributed by atoms with Crippen molar-refractivity contribution in [3.05, 3.63) is 107 Å². The predicted molar refractivity (Wildman–Crippen MR) is 132 cm³/mol. The molecule has 5 nitrogen and oxygen atoms in total. The Morgan fingerprint density at radius 2 is 1.73 bits per heavy atom. The third kappa shape index (κ3) is 6.58. The van der Waals surface area contributed by atoms with Crippen LogP contribution in [0.4, 0.5) is 13.2 Å². The highest BCUT2D eigenvalue weighted by Crippen LogP contribution is 2.34. The minimum Gasteiger partial charge on any atom is -0.482 e. The Morgan fingerprint density at radius 3 is 2.35 bits per heavy atom. The van der Waals surface area contributed by atoms with Crippen molar-refractivity contribution in [1.82, 2.24) is 4.98 Å². The van der Waals surface area contributed by atoms with Crippen LogP contribution in [0.5, 0.6) is 5.75 Å². The number of alkyl halides is 3. The molecule has 0 amide bonds. The minimum absolute atomic E-state index is 0.0433. The summed E-state index contributed by atoms with van der Waals surface area (Å²) < 4.78 is 51.3. The number of aromatic nitrogens is 1. The van der Waals surface area contributed by atoms with E-state index in [1.165, 1.54) is 12.1 Å². The van der Waals surface area contributed by atoms with Crippen molar-refractivity contribution in [2.45, 2.75) is 45.4 Å². The molecule has 37 heavy (non-hydrogen) atoms. The number of ether oxygens (including phenoxy) is 1. The van der Waals surface area contributed by atoms with Gasteiger partial charge in [-0.05, 0) is 73.4 Å². The van der Waals surface area contributed by atoms with Crippen LogP contribution in [-0.2, 0) is 23.8 Å². The number of hydrogen-bond acceptors (Lipinski definition) is 4. The number of oxazole rings is 1. The van der Waals surface area contributed by atoms with E-state index < -0.39 is 23.8 Å². The van der Waals surface area contributed by atoms with Crippen LogP contribution in [-0.4, -0.2) is 16.1 Å². The van der Waals surface area contributed by atoms with Gasteiger partial charge >= 0.3 is 12.1 Å². The van der Waals surface area contributed by atoms with Crippen LogP contribution < -0.4 is 4.74 Å². The lowest BCUT2D eigenvalue weighted by Crippen LogP contribution is -2.12. The average molecular weight is 510 g/mol. The highest BCUT2D eigenvalue weighted by atomic mass is 19.4.